The second kappa shape index (κ2) is 5.71. The van der Waals surface area contributed by atoms with Crippen LogP contribution >= 0.6 is 11.6 Å². The number of carbonyl (C=O) groups excluding carboxylic acids is 1. The zero-order chi connectivity index (χ0) is 13.0. The molecule has 1 aromatic carbocycles. The minimum Gasteiger partial charge on any atom is -0.345 e. The molecule has 0 aliphatic carbocycles. The van der Waals surface area contributed by atoms with E-state index >= 15 is 0 Å². The number of benzene rings is 1. The fourth-order valence-corrected chi connectivity index (χ4v) is 1.74. The predicted molar refractivity (Wildman–Crippen MR) is 72.4 cm³/mol. The number of aromatic nitrogens is 1. The summed E-state index contributed by atoms with van der Waals surface area (Å²) >= 11 is 5.77. The predicted octanol–water partition coefficient (Wildman–Crippen LogP) is 2.24. The van der Waals surface area contributed by atoms with Gasteiger partial charge in [0.05, 0.1) is 0 Å². The van der Waals surface area contributed by atoms with E-state index in [4.69, 9.17) is 17.3 Å². The zero-order valence-corrected chi connectivity index (χ0v) is 10.5. The normalized spacial score (nSPS) is 10.3. The van der Waals surface area contributed by atoms with Crippen LogP contribution in [0.15, 0.2) is 42.7 Å². The molecule has 2 rings (SSSR count). The molecule has 5 heteroatoms. The number of hydrogen-bond donors (Lipinski definition) is 2. The van der Waals surface area contributed by atoms with Gasteiger partial charge in [0.1, 0.15) is 6.54 Å². The highest BCUT2D eigenvalue weighted by Gasteiger charge is 2.03. The molecule has 0 spiro atoms. The highest BCUT2D eigenvalue weighted by molar-refractivity contribution is 6.30. The van der Waals surface area contributed by atoms with Crippen LogP contribution in [-0.4, -0.2) is 10.5 Å². The van der Waals surface area contributed by atoms with Crippen LogP contribution in [0.3, 0.4) is 0 Å². The molecule has 0 aliphatic rings. The van der Waals surface area contributed by atoms with E-state index in [1.165, 1.54) is 0 Å². The lowest BCUT2D eigenvalue weighted by Gasteiger charge is -2.06. The Kier molecular flexibility index (Phi) is 4.02. The highest BCUT2D eigenvalue weighted by Crippen LogP contribution is 2.13. The Labute approximate surface area is 110 Å². The van der Waals surface area contributed by atoms with Crippen LogP contribution in [0.1, 0.15) is 5.56 Å². The summed E-state index contributed by atoms with van der Waals surface area (Å²) < 4.78 is 1.80. The number of nitrogens with zero attached hydrogens (tertiary/aromatic N) is 1. The van der Waals surface area contributed by atoms with Gasteiger partial charge in [-0.15, -0.1) is 0 Å². The van der Waals surface area contributed by atoms with Gasteiger partial charge in [0.15, 0.2) is 0 Å². The Morgan fingerprint density at radius 3 is 2.61 bits per heavy atom. The number of hydrogen-bond acceptors (Lipinski definition) is 2. The smallest absolute Gasteiger partial charge is 0.244 e. The summed E-state index contributed by atoms with van der Waals surface area (Å²) in [6.45, 7) is 0.744. The van der Waals surface area contributed by atoms with E-state index in [1.807, 2.05) is 18.5 Å². The number of rotatable bonds is 4. The Balaban J connectivity index is 1.94. The molecule has 0 unspecified atom stereocenters. The maximum Gasteiger partial charge on any atom is 0.244 e. The summed E-state index contributed by atoms with van der Waals surface area (Å²) in [5, 5.41) is 3.44. The van der Waals surface area contributed by atoms with E-state index in [2.05, 4.69) is 5.32 Å². The summed E-state index contributed by atoms with van der Waals surface area (Å²) in [7, 11) is 0. The second-order valence-electron chi connectivity index (χ2n) is 3.95. The van der Waals surface area contributed by atoms with Gasteiger partial charge in [-0.1, -0.05) is 11.6 Å². The van der Waals surface area contributed by atoms with Crippen molar-refractivity contribution >= 4 is 23.2 Å². The van der Waals surface area contributed by atoms with Crippen molar-refractivity contribution in [1.82, 2.24) is 4.57 Å². The molecule has 18 heavy (non-hydrogen) atoms. The SMILES string of the molecule is NCc1ccn(CC(=O)Nc2ccc(Cl)cc2)c1. The number of amides is 1. The number of halogens is 1. The first-order valence-corrected chi connectivity index (χ1v) is 5.95. The van der Waals surface area contributed by atoms with Gasteiger partial charge in [0.25, 0.3) is 0 Å². The molecule has 4 nitrogen and oxygen atoms in total. The Bertz CT molecular complexity index is 533. The van der Waals surface area contributed by atoms with E-state index in [-0.39, 0.29) is 12.5 Å². The third kappa shape index (κ3) is 3.35. The van der Waals surface area contributed by atoms with Crippen LogP contribution in [-0.2, 0) is 17.9 Å². The van der Waals surface area contributed by atoms with Crippen molar-refractivity contribution in [2.24, 2.45) is 5.73 Å². The van der Waals surface area contributed by atoms with Crippen molar-refractivity contribution in [2.45, 2.75) is 13.1 Å². The van der Waals surface area contributed by atoms with Crippen molar-refractivity contribution in [2.75, 3.05) is 5.32 Å². The van der Waals surface area contributed by atoms with Gasteiger partial charge in [-0.2, -0.15) is 0 Å². The van der Waals surface area contributed by atoms with E-state index in [0.29, 0.717) is 11.6 Å². The van der Waals surface area contributed by atoms with Gasteiger partial charge in [-0.25, -0.2) is 0 Å². The minimum atomic E-state index is -0.0866. The third-order valence-corrected chi connectivity index (χ3v) is 2.75. The standard InChI is InChI=1S/C13H14ClN3O/c14-11-1-3-12(4-2-11)16-13(18)9-17-6-5-10(7-15)8-17/h1-6,8H,7,9,15H2,(H,16,18). The first kappa shape index (κ1) is 12.7. The van der Waals surface area contributed by atoms with E-state index < -0.39 is 0 Å². The van der Waals surface area contributed by atoms with Crippen LogP contribution in [0, 0.1) is 0 Å². The average molecular weight is 264 g/mol. The van der Waals surface area contributed by atoms with Crippen molar-refractivity contribution < 1.29 is 4.79 Å². The van der Waals surface area contributed by atoms with Crippen LogP contribution in [0.4, 0.5) is 5.69 Å². The van der Waals surface area contributed by atoms with Gasteiger partial charge in [-0.3, -0.25) is 4.79 Å². The maximum atomic E-state index is 11.8. The van der Waals surface area contributed by atoms with Crippen molar-refractivity contribution in [3.05, 3.63) is 53.3 Å². The maximum absolute atomic E-state index is 11.8. The van der Waals surface area contributed by atoms with E-state index in [0.717, 1.165) is 11.3 Å². The highest BCUT2D eigenvalue weighted by atomic mass is 35.5. The molecule has 0 fully saturated rings. The first-order chi connectivity index (χ1) is 8.67. The molecule has 1 heterocycles. The van der Waals surface area contributed by atoms with Gasteiger partial charge >= 0.3 is 0 Å². The molecule has 1 amide bonds. The Hall–Kier alpha value is -1.78. The summed E-state index contributed by atoms with van der Waals surface area (Å²) in [5.41, 5.74) is 7.25. The minimum absolute atomic E-state index is 0.0866. The van der Waals surface area contributed by atoms with Crippen molar-refractivity contribution in [3.63, 3.8) is 0 Å². The lowest BCUT2D eigenvalue weighted by Crippen LogP contribution is -2.17. The quantitative estimate of drug-likeness (QED) is 0.889. The molecule has 0 saturated carbocycles. The second-order valence-corrected chi connectivity index (χ2v) is 4.39. The van der Waals surface area contributed by atoms with Crippen molar-refractivity contribution in [1.29, 1.82) is 0 Å². The molecule has 0 saturated heterocycles. The number of carbonyl (C=O) groups is 1. The van der Waals surface area contributed by atoms with Gasteiger partial charge in [0.2, 0.25) is 5.91 Å². The summed E-state index contributed by atoms with van der Waals surface area (Å²) in [6.07, 6.45) is 3.70. The van der Waals surface area contributed by atoms with Gasteiger partial charge in [-0.05, 0) is 35.9 Å². The molecule has 0 atom stereocenters. The Morgan fingerprint density at radius 1 is 1.28 bits per heavy atom. The Morgan fingerprint density at radius 2 is 2.00 bits per heavy atom. The van der Waals surface area contributed by atoms with Crippen LogP contribution in [0.5, 0.6) is 0 Å². The number of nitrogens with one attached hydrogen (secondary N) is 1. The number of anilines is 1. The van der Waals surface area contributed by atoms with Crippen LogP contribution in [0.2, 0.25) is 5.02 Å². The lowest BCUT2D eigenvalue weighted by atomic mass is 10.3. The van der Waals surface area contributed by atoms with Crippen molar-refractivity contribution in [3.8, 4) is 0 Å². The molecule has 1 aromatic heterocycles. The number of nitrogens with two attached hydrogens (primary N) is 1. The average Bonchev–Trinajstić information content (AvgIpc) is 2.79. The largest absolute Gasteiger partial charge is 0.345 e. The summed E-state index contributed by atoms with van der Waals surface area (Å²) in [5.74, 6) is -0.0866. The molecule has 2 aromatic rings. The monoisotopic (exact) mass is 263 g/mol. The molecule has 0 radical (unpaired) electrons. The summed E-state index contributed by atoms with van der Waals surface area (Å²) in [6, 6.07) is 8.90. The third-order valence-electron chi connectivity index (χ3n) is 2.50. The fraction of sp³-hybridized carbons (Fsp3) is 0.154. The van der Waals surface area contributed by atoms with E-state index in [9.17, 15) is 4.79 Å². The first-order valence-electron chi connectivity index (χ1n) is 5.57. The summed E-state index contributed by atoms with van der Waals surface area (Å²) in [4.78, 5) is 11.8. The molecule has 94 valence electrons. The molecular weight excluding hydrogens is 250 g/mol. The zero-order valence-electron chi connectivity index (χ0n) is 9.77. The van der Waals surface area contributed by atoms with Gasteiger partial charge in [0, 0.05) is 29.6 Å². The van der Waals surface area contributed by atoms with Gasteiger partial charge < -0.3 is 15.6 Å². The molecule has 0 bridgehead atoms. The fourth-order valence-electron chi connectivity index (χ4n) is 1.61. The van der Waals surface area contributed by atoms with E-state index in [1.54, 1.807) is 28.8 Å². The topological polar surface area (TPSA) is 60.0 Å². The van der Waals surface area contributed by atoms with Crippen LogP contribution < -0.4 is 11.1 Å². The lowest BCUT2D eigenvalue weighted by molar-refractivity contribution is -0.116. The molecular formula is C13H14ClN3O. The molecule has 0 aliphatic heterocycles. The molecule has 3 N–H and O–H groups in total. The van der Waals surface area contributed by atoms with Crippen LogP contribution in [0.25, 0.3) is 0 Å².